The highest BCUT2D eigenvalue weighted by molar-refractivity contribution is 5.95. The van der Waals surface area contributed by atoms with Crippen LogP contribution in [0.5, 0.6) is 11.5 Å². The molecule has 0 saturated heterocycles. The number of hydrogen-bond donors (Lipinski definition) is 0. The van der Waals surface area contributed by atoms with Crippen molar-refractivity contribution in [1.29, 1.82) is 0 Å². The van der Waals surface area contributed by atoms with Crippen molar-refractivity contribution in [2.75, 3.05) is 14.2 Å². The molecule has 0 saturated carbocycles. The fourth-order valence-electron chi connectivity index (χ4n) is 3.40. The number of nitrogens with zero attached hydrogens (tertiary/aromatic N) is 1. The zero-order chi connectivity index (χ0) is 22.9. The zero-order valence-corrected chi connectivity index (χ0v) is 18.5. The maximum atomic E-state index is 13.3. The summed E-state index contributed by atoms with van der Waals surface area (Å²) in [6, 6.07) is 24.4. The number of benzene rings is 3. The Balaban J connectivity index is 1.78. The second-order valence-corrected chi connectivity index (χ2v) is 7.25. The summed E-state index contributed by atoms with van der Waals surface area (Å²) in [5.41, 5.74) is 2.18. The van der Waals surface area contributed by atoms with Crippen molar-refractivity contribution in [1.82, 2.24) is 4.90 Å². The van der Waals surface area contributed by atoms with Gasteiger partial charge in [0.15, 0.2) is 17.6 Å². The maximum absolute atomic E-state index is 13.3. The molecule has 1 atom stereocenters. The zero-order valence-electron chi connectivity index (χ0n) is 18.5. The Bertz CT molecular complexity index is 995. The van der Waals surface area contributed by atoms with Gasteiger partial charge in [0, 0.05) is 13.1 Å². The van der Waals surface area contributed by atoms with E-state index in [-0.39, 0.29) is 17.2 Å². The van der Waals surface area contributed by atoms with Crippen molar-refractivity contribution < 1.29 is 23.8 Å². The number of methoxy groups -OCH3 is 2. The second kappa shape index (κ2) is 11.0. The molecule has 0 spiro atoms. The average Bonchev–Trinajstić information content (AvgIpc) is 2.83. The maximum Gasteiger partial charge on any atom is 0.342 e. The molecular formula is C26H27NO5. The summed E-state index contributed by atoms with van der Waals surface area (Å²) in [4.78, 5) is 27.8. The van der Waals surface area contributed by atoms with Gasteiger partial charge in [-0.15, -0.1) is 0 Å². The summed E-state index contributed by atoms with van der Waals surface area (Å²) in [6.07, 6.45) is -0.981. The third kappa shape index (κ3) is 5.66. The minimum absolute atomic E-state index is 0.198. The summed E-state index contributed by atoms with van der Waals surface area (Å²) in [5, 5.41) is 0. The van der Waals surface area contributed by atoms with Crippen LogP contribution in [-0.4, -0.2) is 37.1 Å². The highest BCUT2D eigenvalue weighted by Crippen LogP contribution is 2.31. The van der Waals surface area contributed by atoms with E-state index in [1.54, 1.807) is 30.0 Å². The van der Waals surface area contributed by atoms with Crippen molar-refractivity contribution in [3.63, 3.8) is 0 Å². The lowest BCUT2D eigenvalue weighted by Crippen LogP contribution is -2.39. The summed E-state index contributed by atoms with van der Waals surface area (Å²) in [6.45, 7) is 2.38. The van der Waals surface area contributed by atoms with Crippen molar-refractivity contribution in [2.45, 2.75) is 26.1 Å². The lowest BCUT2D eigenvalue weighted by Gasteiger charge is -2.26. The van der Waals surface area contributed by atoms with Crippen molar-refractivity contribution >= 4 is 11.9 Å². The van der Waals surface area contributed by atoms with Crippen LogP contribution >= 0.6 is 0 Å². The predicted molar refractivity (Wildman–Crippen MR) is 122 cm³/mol. The standard InChI is InChI=1S/C26H27NO5/c1-19(32-26(29)22-15-10-16-23(30-2)24(22)31-3)25(28)27(17-20-11-6-4-7-12-20)18-21-13-8-5-9-14-21/h4-16,19H,17-18H2,1-3H3/t19-/m1/s1. The van der Waals surface area contributed by atoms with Gasteiger partial charge in [-0.2, -0.15) is 0 Å². The number of carbonyl (C=O) groups excluding carboxylic acids is 2. The summed E-state index contributed by atoms with van der Waals surface area (Å²) in [7, 11) is 2.94. The van der Waals surface area contributed by atoms with E-state index in [1.165, 1.54) is 14.2 Å². The molecule has 6 nitrogen and oxygen atoms in total. The fraction of sp³-hybridized carbons (Fsp3) is 0.231. The molecule has 166 valence electrons. The molecule has 0 unspecified atom stereocenters. The second-order valence-electron chi connectivity index (χ2n) is 7.25. The quantitative estimate of drug-likeness (QED) is 0.466. The van der Waals surface area contributed by atoms with Crippen LogP contribution in [0.4, 0.5) is 0 Å². The predicted octanol–water partition coefficient (Wildman–Crippen LogP) is 4.48. The molecule has 0 N–H and O–H groups in total. The monoisotopic (exact) mass is 433 g/mol. The highest BCUT2D eigenvalue weighted by atomic mass is 16.6. The van der Waals surface area contributed by atoms with Gasteiger partial charge < -0.3 is 19.1 Å². The molecule has 3 aromatic carbocycles. The number of amides is 1. The lowest BCUT2D eigenvalue weighted by molar-refractivity contribution is -0.141. The van der Waals surface area contributed by atoms with E-state index in [4.69, 9.17) is 14.2 Å². The Morgan fingerprint density at radius 2 is 1.34 bits per heavy atom. The van der Waals surface area contributed by atoms with E-state index in [9.17, 15) is 9.59 Å². The SMILES string of the molecule is COc1cccc(C(=O)O[C@H](C)C(=O)N(Cc2ccccc2)Cc2ccccc2)c1OC. The molecule has 0 aromatic heterocycles. The molecule has 3 rings (SSSR count). The molecule has 0 aliphatic heterocycles. The third-order valence-electron chi connectivity index (χ3n) is 5.00. The Morgan fingerprint density at radius 3 is 1.84 bits per heavy atom. The van der Waals surface area contributed by atoms with Gasteiger partial charge in [-0.1, -0.05) is 66.7 Å². The number of esters is 1. The van der Waals surface area contributed by atoms with Gasteiger partial charge in [-0.3, -0.25) is 4.79 Å². The number of rotatable bonds is 9. The van der Waals surface area contributed by atoms with Gasteiger partial charge in [0.25, 0.3) is 5.91 Å². The number of hydrogen-bond acceptors (Lipinski definition) is 5. The molecule has 3 aromatic rings. The summed E-state index contributed by atoms with van der Waals surface area (Å²) >= 11 is 0. The molecule has 1 amide bonds. The molecule has 0 radical (unpaired) electrons. The van der Waals surface area contributed by atoms with Crippen LogP contribution in [0.3, 0.4) is 0 Å². The first-order valence-electron chi connectivity index (χ1n) is 10.3. The largest absolute Gasteiger partial charge is 0.493 e. The normalized spacial score (nSPS) is 11.3. The van der Waals surface area contributed by atoms with Crippen LogP contribution in [0.15, 0.2) is 78.9 Å². The first-order chi connectivity index (χ1) is 15.5. The van der Waals surface area contributed by atoms with Gasteiger partial charge in [0.05, 0.1) is 14.2 Å². The van der Waals surface area contributed by atoms with Crippen molar-refractivity contribution in [3.05, 3.63) is 95.6 Å². The minimum atomic E-state index is -0.981. The van der Waals surface area contributed by atoms with Crippen LogP contribution in [0.25, 0.3) is 0 Å². The number of ether oxygens (including phenoxy) is 3. The molecular weight excluding hydrogens is 406 g/mol. The van der Waals surface area contributed by atoms with Gasteiger partial charge in [-0.05, 0) is 30.2 Å². The Hall–Kier alpha value is -3.80. The van der Waals surface area contributed by atoms with Crippen LogP contribution in [0, 0.1) is 0 Å². The molecule has 0 fully saturated rings. The van der Waals surface area contributed by atoms with Gasteiger partial charge >= 0.3 is 5.97 Å². The number of carbonyl (C=O) groups is 2. The van der Waals surface area contributed by atoms with Crippen LogP contribution in [0.2, 0.25) is 0 Å². The Labute approximate surface area is 188 Å². The van der Waals surface area contributed by atoms with E-state index in [1.807, 2.05) is 60.7 Å². The Morgan fingerprint density at radius 1 is 0.781 bits per heavy atom. The average molecular weight is 434 g/mol. The smallest absolute Gasteiger partial charge is 0.342 e. The summed E-state index contributed by atoms with van der Waals surface area (Å²) in [5.74, 6) is -0.255. The molecule has 0 heterocycles. The van der Waals surface area contributed by atoms with Gasteiger partial charge in [0.2, 0.25) is 0 Å². The van der Waals surface area contributed by atoms with E-state index in [2.05, 4.69) is 0 Å². The van der Waals surface area contributed by atoms with E-state index >= 15 is 0 Å². The first kappa shape index (κ1) is 22.9. The highest BCUT2D eigenvalue weighted by Gasteiger charge is 2.27. The van der Waals surface area contributed by atoms with Crippen LogP contribution < -0.4 is 9.47 Å². The first-order valence-corrected chi connectivity index (χ1v) is 10.3. The molecule has 0 bridgehead atoms. The number of para-hydroxylation sites is 1. The van der Waals surface area contributed by atoms with Crippen molar-refractivity contribution in [2.24, 2.45) is 0 Å². The van der Waals surface area contributed by atoms with Gasteiger partial charge in [0.1, 0.15) is 5.56 Å². The molecule has 32 heavy (non-hydrogen) atoms. The molecule has 0 aliphatic carbocycles. The molecule has 0 aliphatic rings. The van der Waals surface area contributed by atoms with Crippen LogP contribution in [-0.2, 0) is 22.6 Å². The van der Waals surface area contributed by atoms with E-state index < -0.39 is 12.1 Å². The van der Waals surface area contributed by atoms with Crippen LogP contribution in [0.1, 0.15) is 28.4 Å². The van der Waals surface area contributed by atoms with Gasteiger partial charge in [-0.25, -0.2) is 4.79 Å². The topological polar surface area (TPSA) is 65.1 Å². The molecule has 6 heteroatoms. The fourth-order valence-corrected chi connectivity index (χ4v) is 3.40. The third-order valence-corrected chi connectivity index (χ3v) is 5.00. The summed E-state index contributed by atoms with van der Waals surface area (Å²) < 4.78 is 16.1. The lowest BCUT2D eigenvalue weighted by atomic mass is 10.1. The van der Waals surface area contributed by atoms with E-state index in [0.29, 0.717) is 18.8 Å². The van der Waals surface area contributed by atoms with E-state index in [0.717, 1.165) is 11.1 Å². The van der Waals surface area contributed by atoms with Crippen molar-refractivity contribution in [3.8, 4) is 11.5 Å². The minimum Gasteiger partial charge on any atom is -0.493 e. The Kier molecular flexibility index (Phi) is 7.86.